The van der Waals surface area contributed by atoms with Crippen LogP contribution in [0, 0.1) is 0 Å². The number of rotatable bonds is 5. The van der Waals surface area contributed by atoms with Gasteiger partial charge in [0.05, 0.1) is 5.56 Å². The monoisotopic (exact) mass is 353 g/mol. The van der Waals surface area contributed by atoms with Crippen LogP contribution in [0.15, 0.2) is 42.5 Å². The number of carboxylic acid groups (broad SMARTS) is 1. The standard InChI is InChI=1S/C22H27NO3/c1-15(2)17-7-8-21(24)18(13-17)14-23-11-9-16(10-12-23)19-5-3-4-6-20(19)22(25)26/h3-8,13,15-16,24H,9-12,14H2,1-2H3,(H,25,26). The summed E-state index contributed by atoms with van der Waals surface area (Å²) in [6.45, 7) is 6.86. The van der Waals surface area contributed by atoms with Crippen LogP contribution in [0.3, 0.4) is 0 Å². The first kappa shape index (κ1) is 18.5. The predicted molar refractivity (Wildman–Crippen MR) is 103 cm³/mol. The Balaban J connectivity index is 1.67. The van der Waals surface area contributed by atoms with Gasteiger partial charge in [0.25, 0.3) is 0 Å². The van der Waals surface area contributed by atoms with Crippen molar-refractivity contribution in [1.82, 2.24) is 4.90 Å². The first-order valence-electron chi connectivity index (χ1n) is 9.32. The molecule has 2 aromatic rings. The minimum Gasteiger partial charge on any atom is -0.508 e. The number of carbonyl (C=O) groups is 1. The molecule has 1 fully saturated rings. The maximum atomic E-state index is 11.5. The number of piperidine rings is 1. The molecule has 1 aliphatic heterocycles. The van der Waals surface area contributed by atoms with Gasteiger partial charge in [-0.15, -0.1) is 0 Å². The summed E-state index contributed by atoms with van der Waals surface area (Å²) in [6, 6.07) is 13.2. The molecule has 1 aliphatic rings. The second kappa shape index (κ2) is 7.92. The highest BCUT2D eigenvalue weighted by Gasteiger charge is 2.24. The van der Waals surface area contributed by atoms with Crippen molar-refractivity contribution >= 4 is 5.97 Å². The zero-order chi connectivity index (χ0) is 18.7. The molecule has 1 heterocycles. The lowest BCUT2D eigenvalue weighted by Crippen LogP contribution is -2.33. The molecule has 3 rings (SSSR count). The molecular formula is C22H27NO3. The summed E-state index contributed by atoms with van der Waals surface area (Å²) in [5.41, 5.74) is 3.58. The topological polar surface area (TPSA) is 60.8 Å². The molecule has 138 valence electrons. The fraction of sp³-hybridized carbons (Fsp3) is 0.409. The van der Waals surface area contributed by atoms with Crippen molar-refractivity contribution in [3.8, 4) is 5.75 Å². The Hall–Kier alpha value is -2.33. The number of phenolic OH excluding ortho intramolecular Hbond substituents is 1. The molecule has 0 amide bonds. The van der Waals surface area contributed by atoms with Gasteiger partial charge in [-0.05, 0) is 61.0 Å². The largest absolute Gasteiger partial charge is 0.508 e. The van der Waals surface area contributed by atoms with Gasteiger partial charge in [0.2, 0.25) is 0 Å². The summed E-state index contributed by atoms with van der Waals surface area (Å²) in [5.74, 6) is 0.230. The Labute approximate surface area is 155 Å². The second-order valence-corrected chi connectivity index (χ2v) is 7.49. The summed E-state index contributed by atoms with van der Waals surface area (Å²) >= 11 is 0. The molecule has 0 radical (unpaired) electrons. The minimum absolute atomic E-state index is 0.286. The van der Waals surface area contributed by atoms with E-state index >= 15 is 0 Å². The number of aromatic carboxylic acids is 1. The maximum Gasteiger partial charge on any atom is 0.335 e. The van der Waals surface area contributed by atoms with Crippen LogP contribution >= 0.6 is 0 Å². The van der Waals surface area contributed by atoms with Gasteiger partial charge < -0.3 is 10.2 Å². The summed E-state index contributed by atoms with van der Waals surface area (Å²) in [6.07, 6.45) is 1.88. The molecule has 0 unspecified atom stereocenters. The van der Waals surface area contributed by atoms with Gasteiger partial charge >= 0.3 is 5.97 Å². The number of phenols is 1. The van der Waals surface area contributed by atoms with E-state index < -0.39 is 5.97 Å². The number of hydrogen-bond donors (Lipinski definition) is 2. The van der Waals surface area contributed by atoms with E-state index in [-0.39, 0.29) is 5.92 Å². The first-order chi connectivity index (χ1) is 12.5. The van der Waals surface area contributed by atoms with Crippen LogP contribution in [0.25, 0.3) is 0 Å². The number of carboxylic acids is 1. The van der Waals surface area contributed by atoms with E-state index in [2.05, 4.69) is 24.8 Å². The highest BCUT2D eigenvalue weighted by Crippen LogP contribution is 2.32. The van der Waals surface area contributed by atoms with E-state index in [1.165, 1.54) is 5.56 Å². The zero-order valence-electron chi connectivity index (χ0n) is 15.5. The van der Waals surface area contributed by atoms with Crippen molar-refractivity contribution in [2.75, 3.05) is 13.1 Å². The van der Waals surface area contributed by atoms with Crippen molar-refractivity contribution in [2.24, 2.45) is 0 Å². The highest BCUT2D eigenvalue weighted by molar-refractivity contribution is 5.89. The third kappa shape index (κ3) is 4.07. The summed E-state index contributed by atoms with van der Waals surface area (Å²) in [7, 11) is 0. The van der Waals surface area contributed by atoms with E-state index in [9.17, 15) is 15.0 Å². The normalized spacial score (nSPS) is 16.1. The Bertz CT molecular complexity index is 777. The molecule has 0 bridgehead atoms. The Morgan fingerprint density at radius 2 is 1.85 bits per heavy atom. The molecule has 4 nitrogen and oxygen atoms in total. The maximum absolute atomic E-state index is 11.5. The van der Waals surface area contributed by atoms with Crippen LogP contribution < -0.4 is 0 Å². The molecule has 0 saturated carbocycles. The molecule has 1 saturated heterocycles. The van der Waals surface area contributed by atoms with Crippen molar-refractivity contribution < 1.29 is 15.0 Å². The van der Waals surface area contributed by atoms with Crippen LogP contribution in [0.2, 0.25) is 0 Å². The molecule has 4 heteroatoms. The smallest absolute Gasteiger partial charge is 0.335 e. The Morgan fingerprint density at radius 1 is 1.15 bits per heavy atom. The van der Waals surface area contributed by atoms with Crippen LogP contribution in [-0.4, -0.2) is 34.2 Å². The molecule has 2 aromatic carbocycles. The third-order valence-corrected chi connectivity index (χ3v) is 5.38. The summed E-state index contributed by atoms with van der Waals surface area (Å²) in [4.78, 5) is 13.8. The third-order valence-electron chi connectivity index (χ3n) is 5.38. The molecule has 0 atom stereocenters. The van der Waals surface area contributed by atoms with Crippen LogP contribution in [0.4, 0.5) is 0 Å². The van der Waals surface area contributed by atoms with E-state index in [4.69, 9.17) is 0 Å². The van der Waals surface area contributed by atoms with Crippen molar-refractivity contribution in [3.63, 3.8) is 0 Å². The lowest BCUT2D eigenvalue weighted by molar-refractivity contribution is 0.0694. The van der Waals surface area contributed by atoms with Crippen LogP contribution in [0.5, 0.6) is 5.75 Å². The van der Waals surface area contributed by atoms with Gasteiger partial charge in [0.15, 0.2) is 0 Å². The van der Waals surface area contributed by atoms with Crippen LogP contribution in [0.1, 0.15) is 65.6 Å². The van der Waals surface area contributed by atoms with Gasteiger partial charge in [0, 0.05) is 12.1 Å². The number of hydrogen-bond acceptors (Lipinski definition) is 3. The SMILES string of the molecule is CC(C)c1ccc(O)c(CN2CCC(c3ccccc3C(=O)O)CC2)c1. The van der Waals surface area contributed by atoms with E-state index in [0.29, 0.717) is 17.2 Å². The molecule has 2 N–H and O–H groups in total. The fourth-order valence-corrected chi connectivity index (χ4v) is 3.78. The molecule has 26 heavy (non-hydrogen) atoms. The van der Waals surface area contributed by atoms with Gasteiger partial charge in [-0.3, -0.25) is 4.90 Å². The van der Waals surface area contributed by atoms with E-state index in [1.54, 1.807) is 18.2 Å². The quantitative estimate of drug-likeness (QED) is 0.825. The predicted octanol–water partition coefficient (Wildman–Crippen LogP) is 4.59. The lowest BCUT2D eigenvalue weighted by atomic mass is 9.86. The average molecular weight is 353 g/mol. The average Bonchev–Trinajstić information content (AvgIpc) is 2.64. The van der Waals surface area contributed by atoms with Gasteiger partial charge in [-0.2, -0.15) is 0 Å². The minimum atomic E-state index is -0.849. The fourth-order valence-electron chi connectivity index (χ4n) is 3.78. The Morgan fingerprint density at radius 3 is 2.50 bits per heavy atom. The number of aromatic hydroxyl groups is 1. The summed E-state index contributed by atoms with van der Waals surface area (Å²) in [5, 5.41) is 19.6. The molecule has 0 spiro atoms. The van der Waals surface area contributed by atoms with Gasteiger partial charge in [-0.1, -0.05) is 44.2 Å². The second-order valence-electron chi connectivity index (χ2n) is 7.49. The highest BCUT2D eigenvalue weighted by atomic mass is 16.4. The lowest BCUT2D eigenvalue weighted by Gasteiger charge is -2.33. The number of likely N-dealkylation sites (tertiary alicyclic amines) is 1. The Kier molecular flexibility index (Phi) is 5.62. The van der Waals surface area contributed by atoms with Crippen molar-refractivity contribution in [1.29, 1.82) is 0 Å². The molecular weight excluding hydrogens is 326 g/mol. The summed E-state index contributed by atoms with van der Waals surface area (Å²) < 4.78 is 0. The van der Waals surface area contributed by atoms with E-state index in [0.717, 1.165) is 43.6 Å². The van der Waals surface area contributed by atoms with Gasteiger partial charge in [0.1, 0.15) is 5.75 Å². The molecule has 0 aliphatic carbocycles. The molecule has 0 aromatic heterocycles. The zero-order valence-corrected chi connectivity index (χ0v) is 15.5. The number of benzene rings is 2. The first-order valence-corrected chi connectivity index (χ1v) is 9.32. The van der Waals surface area contributed by atoms with Crippen molar-refractivity contribution in [3.05, 3.63) is 64.7 Å². The van der Waals surface area contributed by atoms with Crippen LogP contribution in [-0.2, 0) is 6.54 Å². The van der Waals surface area contributed by atoms with Crippen molar-refractivity contribution in [2.45, 2.75) is 45.1 Å². The van der Waals surface area contributed by atoms with Gasteiger partial charge in [-0.25, -0.2) is 4.79 Å². The van der Waals surface area contributed by atoms with E-state index in [1.807, 2.05) is 18.2 Å². The number of nitrogens with zero attached hydrogens (tertiary/aromatic N) is 1.